The maximum absolute atomic E-state index is 10.8. The number of nitrogens with one attached hydrogen (secondary N) is 1. The molecule has 0 aromatic carbocycles. The van der Waals surface area contributed by atoms with Crippen molar-refractivity contribution in [2.75, 3.05) is 6.54 Å². The summed E-state index contributed by atoms with van der Waals surface area (Å²) in [7, 11) is 0. The van der Waals surface area contributed by atoms with Gasteiger partial charge >= 0.3 is 0 Å². The first-order valence-electron chi connectivity index (χ1n) is 5.47. The minimum Gasteiger partial charge on any atom is -0.370 e. The van der Waals surface area contributed by atoms with E-state index >= 15 is 0 Å². The predicted octanol–water partition coefficient (Wildman–Crippen LogP) is 3.02. The molecule has 6 heteroatoms. The lowest BCUT2D eigenvalue weighted by atomic mass is 10.2. The third-order valence-corrected chi connectivity index (χ3v) is 4.66. The van der Waals surface area contributed by atoms with Crippen molar-refractivity contribution < 1.29 is 4.79 Å². The lowest BCUT2D eigenvalue weighted by molar-refractivity contribution is -0.117. The Labute approximate surface area is 119 Å². The second kappa shape index (κ2) is 6.33. The summed E-state index contributed by atoms with van der Waals surface area (Å²) in [6, 6.07) is 8.06. The van der Waals surface area contributed by atoms with E-state index in [4.69, 9.17) is 17.3 Å². The van der Waals surface area contributed by atoms with E-state index in [9.17, 15) is 4.79 Å². The van der Waals surface area contributed by atoms with E-state index in [2.05, 4.69) is 11.4 Å². The van der Waals surface area contributed by atoms with Crippen molar-refractivity contribution in [3.05, 3.63) is 43.7 Å². The molecule has 2 aromatic rings. The average molecular weight is 301 g/mol. The summed E-state index contributed by atoms with van der Waals surface area (Å²) in [4.78, 5) is 13.1. The van der Waals surface area contributed by atoms with E-state index in [1.807, 2.05) is 23.6 Å². The van der Waals surface area contributed by atoms with E-state index in [1.54, 1.807) is 22.7 Å². The van der Waals surface area contributed by atoms with Gasteiger partial charge in [-0.25, -0.2) is 0 Å². The second-order valence-electron chi connectivity index (χ2n) is 3.76. The minimum absolute atomic E-state index is 0.0850. The Morgan fingerprint density at radius 3 is 2.78 bits per heavy atom. The van der Waals surface area contributed by atoms with Crippen LogP contribution in [-0.2, 0) is 4.79 Å². The molecule has 0 saturated carbocycles. The van der Waals surface area contributed by atoms with Crippen LogP contribution in [0.4, 0.5) is 0 Å². The van der Waals surface area contributed by atoms with Crippen LogP contribution in [0.2, 0.25) is 4.34 Å². The first-order valence-corrected chi connectivity index (χ1v) is 7.54. The SMILES string of the molecule is NC(=O)CCNC(c1cccs1)c1ccc(Cl)s1. The second-order valence-corrected chi connectivity index (χ2v) is 6.49. The topological polar surface area (TPSA) is 55.1 Å². The van der Waals surface area contributed by atoms with Gasteiger partial charge in [0.1, 0.15) is 0 Å². The van der Waals surface area contributed by atoms with Crippen LogP contribution < -0.4 is 11.1 Å². The monoisotopic (exact) mass is 300 g/mol. The highest BCUT2D eigenvalue weighted by Gasteiger charge is 2.16. The number of carbonyl (C=O) groups excluding carboxylic acids is 1. The van der Waals surface area contributed by atoms with Crippen molar-refractivity contribution in [3.63, 3.8) is 0 Å². The third-order valence-electron chi connectivity index (χ3n) is 2.43. The van der Waals surface area contributed by atoms with Crippen molar-refractivity contribution in [2.45, 2.75) is 12.5 Å². The van der Waals surface area contributed by atoms with Gasteiger partial charge in [0.15, 0.2) is 0 Å². The van der Waals surface area contributed by atoms with E-state index < -0.39 is 0 Å². The molecular weight excluding hydrogens is 288 g/mol. The smallest absolute Gasteiger partial charge is 0.218 e. The molecule has 96 valence electrons. The number of hydrogen-bond acceptors (Lipinski definition) is 4. The van der Waals surface area contributed by atoms with Crippen molar-refractivity contribution in [1.82, 2.24) is 5.32 Å². The van der Waals surface area contributed by atoms with Gasteiger partial charge in [0.05, 0.1) is 10.4 Å². The molecule has 2 rings (SSSR count). The summed E-state index contributed by atoms with van der Waals surface area (Å²) in [6.07, 6.45) is 0.334. The number of rotatable bonds is 6. The van der Waals surface area contributed by atoms with E-state index in [1.165, 1.54) is 4.88 Å². The third kappa shape index (κ3) is 3.55. The van der Waals surface area contributed by atoms with Crippen LogP contribution in [-0.4, -0.2) is 12.5 Å². The molecule has 0 fully saturated rings. The molecule has 0 spiro atoms. The predicted molar refractivity (Wildman–Crippen MR) is 77.3 cm³/mol. The normalized spacial score (nSPS) is 12.5. The number of hydrogen-bond donors (Lipinski definition) is 2. The molecule has 0 aliphatic carbocycles. The van der Waals surface area contributed by atoms with Crippen LogP contribution in [0.5, 0.6) is 0 Å². The average Bonchev–Trinajstić information content (AvgIpc) is 2.95. The van der Waals surface area contributed by atoms with Gasteiger partial charge in [0, 0.05) is 22.7 Å². The molecule has 2 aromatic heterocycles. The highest BCUT2D eigenvalue weighted by Crippen LogP contribution is 2.32. The Balaban J connectivity index is 2.11. The molecular formula is C12H13ClN2OS2. The van der Waals surface area contributed by atoms with Gasteiger partial charge in [-0.1, -0.05) is 17.7 Å². The fraction of sp³-hybridized carbons (Fsp3) is 0.250. The molecule has 2 heterocycles. The lowest BCUT2D eigenvalue weighted by Gasteiger charge is -2.15. The largest absolute Gasteiger partial charge is 0.370 e. The molecule has 3 N–H and O–H groups in total. The summed E-state index contributed by atoms with van der Waals surface area (Å²) < 4.78 is 0.767. The molecule has 1 atom stereocenters. The van der Waals surface area contributed by atoms with Crippen LogP contribution in [0, 0.1) is 0 Å². The lowest BCUT2D eigenvalue weighted by Crippen LogP contribution is -2.25. The zero-order chi connectivity index (χ0) is 13.0. The van der Waals surface area contributed by atoms with Crippen LogP contribution in [0.15, 0.2) is 29.6 Å². The number of primary amides is 1. The van der Waals surface area contributed by atoms with Crippen LogP contribution in [0.3, 0.4) is 0 Å². The van der Waals surface area contributed by atoms with Crippen LogP contribution in [0.1, 0.15) is 22.2 Å². The molecule has 0 radical (unpaired) electrons. The zero-order valence-electron chi connectivity index (χ0n) is 9.56. The van der Waals surface area contributed by atoms with Gasteiger partial charge < -0.3 is 11.1 Å². The summed E-state index contributed by atoms with van der Waals surface area (Å²) >= 11 is 9.20. The maximum Gasteiger partial charge on any atom is 0.218 e. The number of thiophene rings is 2. The Morgan fingerprint density at radius 1 is 1.39 bits per heavy atom. The molecule has 0 aliphatic heterocycles. The van der Waals surface area contributed by atoms with Gasteiger partial charge in [-0.2, -0.15) is 0 Å². The molecule has 18 heavy (non-hydrogen) atoms. The minimum atomic E-state index is -0.295. The van der Waals surface area contributed by atoms with Gasteiger partial charge in [-0.05, 0) is 23.6 Å². The number of amides is 1. The van der Waals surface area contributed by atoms with E-state index in [0.29, 0.717) is 13.0 Å². The number of carbonyl (C=O) groups is 1. The van der Waals surface area contributed by atoms with Crippen molar-refractivity contribution >= 4 is 40.2 Å². The van der Waals surface area contributed by atoms with Gasteiger partial charge in [-0.15, -0.1) is 22.7 Å². The molecule has 1 amide bonds. The zero-order valence-corrected chi connectivity index (χ0v) is 11.9. The van der Waals surface area contributed by atoms with Crippen molar-refractivity contribution in [1.29, 1.82) is 0 Å². The Morgan fingerprint density at radius 2 is 2.22 bits per heavy atom. The number of nitrogens with two attached hydrogens (primary N) is 1. The van der Waals surface area contributed by atoms with Crippen LogP contribution in [0.25, 0.3) is 0 Å². The quantitative estimate of drug-likeness (QED) is 0.861. The molecule has 0 saturated heterocycles. The summed E-state index contributed by atoms with van der Waals surface area (Å²) in [5.41, 5.74) is 5.15. The van der Waals surface area contributed by atoms with Gasteiger partial charge in [0.2, 0.25) is 5.91 Å². The van der Waals surface area contributed by atoms with E-state index in [-0.39, 0.29) is 11.9 Å². The Kier molecular flexibility index (Phi) is 4.77. The highest BCUT2D eigenvalue weighted by molar-refractivity contribution is 7.16. The van der Waals surface area contributed by atoms with Gasteiger partial charge in [0.25, 0.3) is 0 Å². The fourth-order valence-electron chi connectivity index (χ4n) is 1.62. The molecule has 0 aliphatic rings. The van der Waals surface area contributed by atoms with Crippen molar-refractivity contribution in [3.8, 4) is 0 Å². The maximum atomic E-state index is 10.8. The summed E-state index contributed by atoms with van der Waals surface area (Å²) in [6.45, 7) is 0.563. The fourth-order valence-corrected chi connectivity index (χ4v) is 3.67. The standard InChI is InChI=1S/C12H13ClN2OS2/c13-10-4-3-9(18-10)12(8-2-1-7-17-8)15-6-5-11(14)16/h1-4,7,12,15H,5-6H2,(H2,14,16). The first kappa shape index (κ1) is 13.5. The van der Waals surface area contributed by atoms with Crippen molar-refractivity contribution in [2.24, 2.45) is 5.73 Å². The Bertz CT molecular complexity index is 510. The molecule has 3 nitrogen and oxygen atoms in total. The Hall–Kier alpha value is -0.880. The van der Waals surface area contributed by atoms with E-state index in [0.717, 1.165) is 9.21 Å². The molecule has 1 unspecified atom stereocenters. The van der Waals surface area contributed by atoms with Gasteiger partial charge in [-0.3, -0.25) is 4.79 Å². The summed E-state index contributed by atoms with van der Waals surface area (Å²) in [5, 5.41) is 5.38. The first-order chi connectivity index (χ1) is 8.66. The van der Waals surface area contributed by atoms with Crippen LogP contribution >= 0.6 is 34.3 Å². The summed E-state index contributed by atoms with van der Waals surface area (Å²) in [5.74, 6) is -0.295. The number of halogens is 1. The molecule has 0 bridgehead atoms. The highest BCUT2D eigenvalue weighted by atomic mass is 35.5.